The van der Waals surface area contributed by atoms with E-state index < -0.39 is 11.9 Å². The van der Waals surface area contributed by atoms with Gasteiger partial charge < -0.3 is 14.8 Å². The van der Waals surface area contributed by atoms with Crippen molar-refractivity contribution in [2.45, 2.75) is 13.8 Å². The number of fused-ring (bicyclic) bond motifs is 1. The van der Waals surface area contributed by atoms with Crippen molar-refractivity contribution in [1.29, 1.82) is 0 Å². The van der Waals surface area contributed by atoms with Gasteiger partial charge in [-0.25, -0.2) is 4.79 Å². The van der Waals surface area contributed by atoms with Gasteiger partial charge in [-0.1, -0.05) is 13.8 Å². The molecule has 0 spiro atoms. The number of hydrogen-bond donors (Lipinski definition) is 1. The van der Waals surface area contributed by atoms with E-state index in [0.29, 0.717) is 23.5 Å². The quantitative estimate of drug-likeness (QED) is 0.556. The second-order valence-electron chi connectivity index (χ2n) is 7.22. The van der Waals surface area contributed by atoms with E-state index in [1.54, 1.807) is 24.3 Å². The molecule has 0 atom stereocenters. The number of carbonyl (C=O) groups is 4. The van der Waals surface area contributed by atoms with Gasteiger partial charge in [0.25, 0.3) is 17.7 Å². The van der Waals surface area contributed by atoms with Gasteiger partial charge in [0.1, 0.15) is 5.75 Å². The van der Waals surface area contributed by atoms with Crippen molar-refractivity contribution < 1.29 is 28.7 Å². The molecule has 1 heterocycles. The molecule has 8 nitrogen and oxygen atoms in total. The maximum Gasteiger partial charge on any atom is 0.343 e. The van der Waals surface area contributed by atoms with Gasteiger partial charge in [0, 0.05) is 17.8 Å². The predicted molar refractivity (Wildman–Crippen MR) is 109 cm³/mol. The minimum atomic E-state index is -0.496. The second-order valence-corrected chi connectivity index (χ2v) is 7.22. The summed E-state index contributed by atoms with van der Waals surface area (Å²) in [5, 5.41) is 2.73. The fourth-order valence-corrected chi connectivity index (χ4v) is 3.00. The lowest BCUT2D eigenvalue weighted by Gasteiger charge is -2.15. The minimum Gasteiger partial charge on any atom is -0.482 e. The van der Waals surface area contributed by atoms with Crippen LogP contribution in [0.5, 0.6) is 5.75 Å². The van der Waals surface area contributed by atoms with Gasteiger partial charge in [-0.05, 0) is 48.4 Å². The molecule has 0 radical (unpaired) electrons. The summed E-state index contributed by atoms with van der Waals surface area (Å²) in [6.45, 7) is 3.97. The standard InChI is InChI=1S/C22H22N2O6/c1-13(2)11-24-21(27)17-9-4-14(10-18(17)22(24)28)20(26)23-15-5-7-16(8-6-15)30-12-19(25)29-3/h4-10,13H,11-12H2,1-3H3,(H,23,26). The van der Waals surface area contributed by atoms with Crippen molar-refractivity contribution in [2.24, 2.45) is 5.92 Å². The van der Waals surface area contributed by atoms with Crippen molar-refractivity contribution >= 4 is 29.4 Å². The molecule has 2 aromatic rings. The van der Waals surface area contributed by atoms with Crippen LogP contribution in [0.1, 0.15) is 44.9 Å². The Morgan fingerprint density at radius 1 is 1.00 bits per heavy atom. The number of esters is 1. The number of anilines is 1. The molecule has 2 aromatic carbocycles. The zero-order valence-corrected chi connectivity index (χ0v) is 16.9. The second kappa shape index (κ2) is 8.77. The predicted octanol–water partition coefficient (Wildman–Crippen LogP) is 2.74. The summed E-state index contributed by atoms with van der Waals surface area (Å²) in [6.07, 6.45) is 0. The summed E-state index contributed by atoms with van der Waals surface area (Å²) >= 11 is 0. The van der Waals surface area contributed by atoms with Crippen LogP contribution >= 0.6 is 0 Å². The number of nitrogens with one attached hydrogen (secondary N) is 1. The molecule has 0 saturated carbocycles. The zero-order valence-electron chi connectivity index (χ0n) is 16.9. The molecule has 8 heteroatoms. The Morgan fingerprint density at radius 3 is 2.30 bits per heavy atom. The summed E-state index contributed by atoms with van der Waals surface area (Å²) in [5.41, 5.74) is 1.33. The Kier molecular flexibility index (Phi) is 6.15. The van der Waals surface area contributed by atoms with Crippen LogP contribution in [0.4, 0.5) is 5.69 Å². The fraction of sp³-hybridized carbons (Fsp3) is 0.273. The first kappa shape index (κ1) is 21.0. The molecule has 3 rings (SSSR count). The molecule has 1 aliphatic heterocycles. The van der Waals surface area contributed by atoms with Gasteiger partial charge in [0.15, 0.2) is 6.61 Å². The Hall–Kier alpha value is -3.68. The molecule has 0 bridgehead atoms. The fourth-order valence-electron chi connectivity index (χ4n) is 3.00. The molecule has 30 heavy (non-hydrogen) atoms. The van der Waals surface area contributed by atoms with Crippen molar-refractivity contribution in [2.75, 3.05) is 25.6 Å². The third-order valence-corrected chi connectivity index (χ3v) is 4.48. The van der Waals surface area contributed by atoms with Crippen molar-refractivity contribution in [3.63, 3.8) is 0 Å². The number of methoxy groups -OCH3 is 1. The Balaban J connectivity index is 1.69. The van der Waals surface area contributed by atoms with E-state index in [1.165, 1.54) is 30.2 Å². The van der Waals surface area contributed by atoms with Crippen LogP contribution in [0.3, 0.4) is 0 Å². The van der Waals surface area contributed by atoms with E-state index in [9.17, 15) is 19.2 Å². The van der Waals surface area contributed by atoms with Gasteiger partial charge in [0.05, 0.1) is 18.2 Å². The van der Waals surface area contributed by atoms with Gasteiger partial charge >= 0.3 is 5.97 Å². The molecule has 1 aliphatic rings. The molecule has 0 aliphatic carbocycles. The third kappa shape index (κ3) is 4.48. The van der Waals surface area contributed by atoms with Crippen LogP contribution in [0.2, 0.25) is 0 Å². The summed E-state index contributed by atoms with van der Waals surface area (Å²) in [5.74, 6) is -1.03. The van der Waals surface area contributed by atoms with E-state index in [0.717, 1.165) is 0 Å². The largest absolute Gasteiger partial charge is 0.482 e. The topological polar surface area (TPSA) is 102 Å². The summed E-state index contributed by atoms with van der Waals surface area (Å²) in [7, 11) is 1.27. The molecular weight excluding hydrogens is 388 g/mol. The molecule has 0 aromatic heterocycles. The molecule has 3 amide bonds. The van der Waals surface area contributed by atoms with Gasteiger partial charge in [-0.3, -0.25) is 19.3 Å². The minimum absolute atomic E-state index is 0.148. The van der Waals surface area contributed by atoms with Crippen molar-refractivity contribution in [3.05, 3.63) is 59.2 Å². The normalized spacial score (nSPS) is 12.7. The Morgan fingerprint density at radius 2 is 1.67 bits per heavy atom. The highest BCUT2D eigenvalue weighted by Crippen LogP contribution is 2.25. The average Bonchev–Trinajstić information content (AvgIpc) is 2.97. The van der Waals surface area contributed by atoms with Crippen LogP contribution in [-0.4, -0.2) is 48.9 Å². The molecule has 0 fully saturated rings. The first-order chi connectivity index (χ1) is 14.3. The number of nitrogens with zero attached hydrogens (tertiary/aromatic N) is 1. The number of carbonyl (C=O) groups excluding carboxylic acids is 4. The van der Waals surface area contributed by atoms with E-state index in [-0.39, 0.29) is 35.5 Å². The van der Waals surface area contributed by atoms with Crippen molar-refractivity contribution in [1.82, 2.24) is 4.90 Å². The number of imide groups is 1. The van der Waals surface area contributed by atoms with Crippen molar-refractivity contribution in [3.8, 4) is 5.75 Å². The Bertz CT molecular complexity index is 997. The monoisotopic (exact) mass is 410 g/mol. The van der Waals surface area contributed by atoms with E-state index in [1.807, 2.05) is 13.8 Å². The number of ether oxygens (including phenoxy) is 2. The van der Waals surface area contributed by atoms with Gasteiger partial charge in [-0.2, -0.15) is 0 Å². The zero-order chi connectivity index (χ0) is 21.8. The molecule has 1 N–H and O–H groups in total. The lowest BCUT2D eigenvalue weighted by atomic mass is 10.1. The molecule has 0 unspecified atom stereocenters. The van der Waals surface area contributed by atoms with E-state index in [2.05, 4.69) is 10.1 Å². The lowest BCUT2D eigenvalue weighted by molar-refractivity contribution is -0.142. The van der Waals surface area contributed by atoms with Crippen LogP contribution in [0.15, 0.2) is 42.5 Å². The summed E-state index contributed by atoms with van der Waals surface area (Å²) in [4.78, 5) is 49.9. The molecular formula is C22H22N2O6. The summed E-state index contributed by atoms with van der Waals surface area (Å²) in [6, 6.07) is 10.9. The molecule has 0 saturated heterocycles. The summed E-state index contributed by atoms with van der Waals surface area (Å²) < 4.78 is 9.75. The number of rotatable bonds is 7. The van der Waals surface area contributed by atoms with Gasteiger partial charge in [-0.15, -0.1) is 0 Å². The maximum absolute atomic E-state index is 12.6. The van der Waals surface area contributed by atoms with Gasteiger partial charge in [0.2, 0.25) is 0 Å². The first-order valence-corrected chi connectivity index (χ1v) is 9.41. The van der Waals surface area contributed by atoms with Crippen LogP contribution in [0, 0.1) is 5.92 Å². The van der Waals surface area contributed by atoms with Crippen LogP contribution < -0.4 is 10.1 Å². The van der Waals surface area contributed by atoms with Crippen LogP contribution in [-0.2, 0) is 9.53 Å². The smallest absolute Gasteiger partial charge is 0.343 e. The van der Waals surface area contributed by atoms with Crippen LogP contribution in [0.25, 0.3) is 0 Å². The lowest BCUT2D eigenvalue weighted by Crippen LogP contribution is -2.33. The highest BCUT2D eigenvalue weighted by molar-refractivity contribution is 6.22. The SMILES string of the molecule is COC(=O)COc1ccc(NC(=O)c2ccc3c(c2)C(=O)N(CC(C)C)C3=O)cc1. The highest BCUT2D eigenvalue weighted by Gasteiger charge is 2.36. The average molecular weight is 410 g/mol. The number of benzene rings is 2. The molecule has 156 valence electrons. The first-order valence-electron chi connectivity index (χ1n) is 9.41. The maximum atomic E-state index is 12.6. The number of amides is 3. The Labute approximate surface area is 173 Å². The number of hydrogen-bond acceptors (Lipinski definition) is 6. The third-order valence-electron chi connectivity index (χ3n) is 4.48. The highest BCUT2D eigenvalue weighted by atomic mass is 16.6. The van der Waals surface area contributed by atoms with E-state index in [4.69, 9.17) is 4.74 Å². The van der Waals surface area contributed by atoms with E-state index >= 15 is 0 Å².